The summed E-state index contributed by atoms with van der Waals surface area (Å²) in [4.78, 5) is 14.6. The van der Waals surface area contributed by atoms with Gasteiger partial charge >= 0.3 is 0 Å². The van der Waals surface area contributed by atoms with Crippen LogP contribution in [0.5, 0.6) is 0 Å². The molecular formula is C15H23ClN2O. The molecule has 1 atom stereocenters. The van der Waals surface area contributed by atoms with Crippen LogP contribution in [-0.4, -0.2) is 36.5 Å². The summed E-state index contributed by atoms with van der Waals surface area (Å²) >= 11 is 0. The molecule has 1 aromatic carbocycles. The number of halogens is 1. The van der Waals surface area contributed by atoms with Crippen LogP contribution < -0.4 is 5.32 Å². The van der Waals surface area contributed by atoms with E-state index < -0.39 is 0 Å². The summed E-state index contributed by atoms with van der Waals surface area (Å²) in [6.07, 6.45) is 2.08. The molecule has 0 saturated carbocycles. The SMILES string of the molecule is CCCN(C(=O)c1cccc(C)c1)C1CCNC1.Cl. The summed E-state index contributed by atoms with van der Waals surface area (Å²) in [7, 11) is 0. The predicted octanol–water partition coefficient (Wildman–Crippen LogP) is 2.63. The van der Waals surface area contributed by atoms with Crippen LogP contribution >= 0.6 is 12.4 Å². The molecule has 1 aliphatic heterocycles. The Kier molecular flexibility index (Phi) is 6.32. The summed E-state index contributed by atoms with van der Waals surface area (Å²) in [5.41, 5.74) is 1.96. The molecular weight excluding hydrogens is 260 g/mol. The Morgan fingerprint density at radius 2 is 2.26 bits per heavy atom. The molecule has 1 N–H and O–H groups in total. The van der Waals surface area contributed by atoms with Crippen molar-refractivity contribution in [2.75, 3.05) is 19.6 Å². The largest absolute Gasteiger partial charge is 0.334 e. The highest BCUT2D eigenvalue weighted by Gasteiger charge is 2.26. The molecule has 2 rings (SSSR count). The van der Waals surface area contributed by atoms with Crippen molar-refractivity contribution < 1.29 is 4.79 Å². The van der Waals surface area contributed by atoms with E-state index in [1.807, 2.05) is 36.1 Å². The number of hydrogen-bond donors (Lipinski definition) is 1. The molecule has 0 bridgehead atoms. The van der Waals surface area contributed by atoms with E-state index in [2.05, 4.69) is 12.2 Å². The van der Waals surface area contributed by atoms with Gasteiger partial charge in [0, 0.05) is 24.7 Å². The number of rotatable bonds is 4. The van der Waals surface area contributed by atoms with Gasteiger partial charge in [0.2, 0.25) is 0 Å². The van der Waals surface area contributed by atoms with Crippen LogP contribution in [0.3, 0.4) is 0 Å². The molecule has 1 saturated heterocycles. The maximum Gasteiger partial charge on any atom is 0.254 e. The minimum absolute atomic E-state index is 0. The van der Waals surface area contributed by atoms with Crippen molar-refractivity contribution in [3.8, 4) is 0 Å². The molecule has 1 aliphatic rings. The summed E-state index contributed by atoms with van der Waals surface area (Å²) in [6, 6.07) is 8.24. The first-order valence-corrected chi connectivity index (χ1v) is 6.80. The average molecular weight is 283 g/mol. The second-order valence-corrected chi connectivity index (χ2v) is 5.01. The zero-order chi connectivity index (χ0) is 13.0. The van der Waals surface area contributed by atoms with Crippen molar-refractivity contribution in [2.24, 2.45) is 0 Å². The van der Waals surface area contributed by atoms with Crippen LogP contribution in [0.15, 0.2) is 24.3 Å². The van der Waals surface area contributed by atoms with Crippen LogP contribution in [0.25, 0.3) is 0 Å². The summed E-state index contributed by atoms with van der Waals surface area (Å²) in [6.45, 7) is 6.94. The quantitative estimate of drug-likeness (QED) is 0.921. The lowest BCUT2D eigenvalue weighted by atomic mass is 10.1. The highest BCUT2D eigenvalue weighted by Crippen LogP contribution is 2.15. The zero-order valence-electron chi connectivity index (χ0n) is 11.7. The van der Waals surface area contributed by atoms with Gasteiger partial charge in [-0.3, -0.25) is 4.79 Å². The van der Waals surface area contributed by atoms with Gasteiger partial charge in [0.25, 0.3) is 5.91 Å². The van der Waals surface area contributed by atoms with Crippen molar-refractivity contribution in [1.82, 2.24) is 10.2 Å². The van der Waals surface area contributed by atoms with Crippen LogP contribution in [0.2, 0.25) is 0 Å². The maximum atomic E-state index is 12.6. The Labute approximate surface area is 121 Å². The minimum atomic E-state index is 0. The maximum absolute atomic E-state index is 12.6. The van der Waals surface area contributed by atoms with E-state index in [0.29, 0.717) is 6.04 Å². The predicted molar refractivity (Wildman–Crippen MR) is 81.0 cm³/mol. The third kappa shape index (κ3) is 3.95. The van der Waals surface area contributed by atoms with Gasteiger partial charge in [-0.15, -0.1) is 12.4 Å². The number of carbonyl (C=O) groups excluding carboxylic acids is 1. The third-order valence-electron chi connectivity index (χ3n) is 3.47. The fourth-order valence-electron chi connectivity index (χ4n) is 2.54. The Balaban J connectivity index is 0.00000180. The fourth-order valence-corrected chi connectivity index (χ4v) is 2.54. The molecule has 1 aromatic rings. The second-order valence-electron chi connectivity index (χ2n) is 5.01. The molecule has 1 amide bonds. The van der Waals surface area contributed by atoms with E-state index >= 15 is 0 Å². The average Bonchev–Trinajstić information content (AvgIpc) is 2.89. The van der Waals surface area contributed by atoms with Gasteiger partial charge in [0.1, 0.15) is 0 Å². The van der Waals surface area contributed by atoms with Crippen LogP contribution in [0.1, 0.15) is 35.7 Å². The number of carbonyl (C=O) groups is 1. The lowest BCUT2D eigenvalue weighted by molar-refractivity contribution is 0.0692. The van der Waals surface area contributed by atoms with Gasteiger partial charge in [-0.2, -0.15) is 0 Å². The Bertz CT molecular complexity index is 416. The Hall–Kier alpha value is -1.06. The molecule has 19 heavy (non-hydrogen) atoms. The zero-order valence-corrected chi connectivity index (χ0v) is 12.5. The number of amides is 1. The highest BCUT2D eigenvalue weighted by molar-refractivity contribution is 5.94. The van der Waals surface area contributed by atoms with Crippen LogP contribution in [0.4, 0.5) is 0 Å². The number of hydrogen-bond acceptors (Lipinski definition) is 2. The minimum Gasteiger partial charge on any atom is -0.334 e. The van der Waals surface area contributed by atoms with Crippen molar-refractivity contribution in [1.29, 1.82) is 0 Å². The Morgan fingerprint density at radius 3 is 2.84 bits per heavy atom. The van der Waals surface area contributed by atoms with E-state index in [1.54, 1.807) is 0 Å². The molecule has 0 spiro atoms. The van der Waals surface area contributed by atoms with Gasteiger partial charge in [-0.25, -0.2) is 0 Å². The normalized spacial score (nSPS) is 17.9. The smallest absolute Gasteiger partial charge is 0.254 e. The van der Waals surface area contributed by atoms with E-state index in [9.17, 15) is 4.79 Å². The topological polar surface area (TPSA) is 32.3 Å². The van der Waals surface area contributed by atoms with Gasteiger partial charge in [-0.05, 0) is 38.4 Å². The first-order chi connectivity index (χ1) is 8.72. The van der Waals surface area contributed by atoms with Crippen LogP contribution in [0, 0.1) is 6.92 Å². The number of nitrogens with zero attached hydrogens (tertiary/aromatic N) is 1. The van der Waals surface area contributed by atoms with Crippen molar-refractivity contribution >= 4 is 18.3 Å². The monoisotopic (exact) mass is 282 g/mol. The first kappa shape index (κ1) is 16.0. The second kappa shape index (κ2) is 7.51. The van der Waals surface area contributed by atoms with Crippen molar-refractivity contribution in [3.63, 3.8) is 0 Å². The standard InChI is InChI=1S/C15H22N2O.ClH/c1-3-9-17(14-7-8-16-11-14)15(18)13-6-4-5-12(2)10-13;/h4-6,10,14,16H,3,7-9,11H2,1-2H3;1H. The number of nitrogens with one attached hydrogen (secondary N) is 1. The molecule has 1 fully saturated rings. The van der Waals surface area contributed by atoms with E-state index in [0.717, 1.165) is 43.6 Å². The summed E-state index contributed by atoms with van der Waals surface area (Å²) < 4.78 is 0. The van der Waals surface area contributed by atoms with E-state index in [-0.39, 0.29) is 18.3 Å². The lowest BCUT2D eigenvalue weighted by Gasteiger charge is -2.28. The summed E-state index contributed by atoms with van der Waals surface area (Å²) in [5, 5.41) is 3.34. The van der Waals surface area contributed by atoms with Crippen molar-refractivity contribution in [2.45, 2.75) is 32.7 Å². The van der Waals surface area contributed by atoms with Gasteiger partial charge in [0.15, 0.2) is 0 Å². The van der Waals surface area contributed by atoms with Crippen LogP contribution in [-0.2, 0) is 0 Å². The lowest BCUT2D eigenvalue weighted by Crippen LogP contribution is -2.42. The molecule has 3 nitrogen and oxygen atoms in total. The number of aryl methyl sites for hydroxylation is 1. The van der Waals surface area contributed by atoms with Gasteiger partial charge < -0.3 is 10.2 Å². The van der Waals surface area contributed by atoms with E-state index in [1.165, 1.54) is 0 Å². The molecule has 0 aliphatic carbocycles. The Morgan fingerprint density at radius 1 is 1.47 bits per heavy atom. The van der Waals surface area contributed by atoms with E-state index in [4.69, 9.17) is 0 Å². The van der Waals surface area contributed by atoms with Crippen molar-refractivity contribution in [3.05, 3.63) is 35.4 Å². The molecule has 1 unspecified atom stereocenters. The van der Waals surface area contributed by atoms with Gasteiger partial charge in [-0.1, -0.05) is 24.6 Å². The molecule has 0 aromatic heterocycles. The number of benzene rings is 1. The molecule has 1 heterocycles. The third-order valence-corrected chi connectivity index (χ3v) is 3.47. The molecule has 106 valence electrons. The first-order valence-electron chi connectivity index (χ1n) is 6.80. The summed E-state index contributed by atoms with van der Waals surface area (Å²) in [5.74, 6) is 0.175. The molecule has 4 heteroatoms. The molecule has 0 radical (unpaired) electrons. The van der Waals surface area contributed by atoms with Gasteiger partial charge in [0.05, 0.1) is 0 Å². The fraction of sp³-hybridized carbons (Fsp3) is 0.533. The highest BCUT2D eigenvalue weighted by atomic mass is 35.5.